The second-order valence-corrected chi connectivity index (χ2v) is 9.18. The van der Waals surface area contributed by atoms with E-state index in [-0.39, 0.29) is 27.8 Å². The van der Waals surface area contributed by atoms with Crippen LogP contribution in [0, 0.1) is 0 Å². The third kappa shape index (κ3) is 9.59. The van der Waals surface area contributed by atoms with Crippen LogP contribution in [0.5, 0.6) is 0 Å². The Morgan fingerprint density at radius 3 is 1.45 bits per heavy atom. The van der Waals surface area contributed by atoms with Crippen LogP contribution in [0.25, 0.3) is 0 Å². The summed E-state index contributed by atoms with van der Waals surface area (Å²) in [5.74, 6) is 0. The Morgan fingerprint density at radius 2 is 1.15 bits per heavy atom. The van der Waals surface area contributed by atoms with Crippen molar-refractivity contribution in [3.8, 4) is 0 Å². The molecule has 0 aliphatic rings. The Balaban J connectivity index is 0. The van der Waals surface area contributed by atoms with E-state index in [0.29, 0.717) is 0 Å². The summed E-state index contributed by atoms with van der Waals surface area (Å²) in [6.45, 7) is 8.32. The molecule has 0 saturated carbocycles. The molecule has 126 valence electrons. The van der Waals surface area contributed by atoms with Gasteiger partial charge in [0.05, 0.1) is 0 Å². The second kappa shape index (κ2) is 13.4. The minimum atomic E-state index is -2.97. The molecular weight excluding hydrogens is 314 g/mol. The summed E-state index contributed by atoms with van der Waals surface area (Å²) in [5.41, 5.74) is -0.0453. The Morgan fingerprint density at radius 1 is 0.800 bits per heavy atom. The van der Waals surface area contributed by atoms with Crippen molar-refractivity contribution in [1.82, 2.24) is 0 Å². The maximum atomic E-state index is 12.5. The molecule has 2 nitrogen and oxygen atoms in total. The van der Waals surface area contributed by atoms with Crippen LogP contribution in [0.4, 0.5) is 0 Å². The third-order valence-corrected chi connectivity index (χ3v) is 7.26. The van der Waals surface area contributed by atoms with E-state index in [1.165, 1.54) is 38.5 Å². The van der Waals surface area contributed by atoms with Gasteiger partial charge in [0, 0.05) is 27.8 Å². The van der Waals surface area contributed by atoms with Gasteiger partial charge in [-0.1, -0.05) is 79.1 Å². The first-order chi connectivity index (χ1) is 8.96. The van der Waals surface area contributed by atoms with Crippen LogP contribution < -0.4 is 0 Å². The van der Waals surface area contributed by atoms with Crippen LogP contribution in [0.2, 0.25) is 0 Å². The zero-order chi connectivity index (χ0) is 14.7. The smallest absolute Gasteiger partial charge is 0.206 e. The molecule has 4 heteroatoms. The standard InChI is InChI=1S/C16H35O2P.Ni/c1-5-7-9-11-13-15(3)19(17,18)16(4)14-12-10-8-6-2;/h15-16H,5-14H2,1-4H3,(H,17,18);. The van der Waals surface area contributed by atoms with Gasteiger partial charge >= 0.3 is 0 Å². The molecule has 0 aliphatic heterocycles. The molecule has 0 amide bonds. The summed E-state index contributed by atoms with van der Waals surface area (Å²) in [7, 11) is -2.97. The molecule has 0 bridgehead atoms. The molecule has 0 heterocycles. The number of hydrogen-bond donors (Lipinski definition) is 1. The average molecular weight is 349 g/mol. The van der Waals surface area contributed by atoms with Crippen LogP contribution >= 0.6 is 7.37 Å². The third-order valence-electron chi connectivity index (χ3n) is 4.21. The first kappa shape index (κ1) is 23.0. The van der Waals surface area contributed by atoms with Crippen molar-refractivity contribution in [2.75, 3.05) is 0 Å². The Bertz CT molecular complexity index is 237. The summed E-state index contributed by atoms with van der Waals surface area (Å²) in [4.78, 5) is 10.3. The molecule has 0 spiro atoms. The Hall–Kier alpha value is 0.684. The van der Waals surface area contributed by atoms with E-state index in [4.69, 9.17) is 0 Å². The van der Waals surface area contributed by atoms with Gasteiger partial charge in [0.15, 0.2) is 0 Å². The van der Waals surface area contributed by atoms with Gasteiger partial charge in [-0.3, -0.25) is 4.57 Å². The summed E-state index contributed by atoms with van der Waals surface area (Å²) >= 11 is 0. The topological polar surface area (TPSA) is 37.3 Å². The quantitative estimate of drug-likeness (QED) is 0.268. The average Bonchev–Trinajstić information content (AvgIpc) is 2.39. The molecule has 0 aromatic carbocycles. The van der Waals surface area contributed by atoms with Crippen LogP contribution in [-0.4, -0.2) is 16.2 Å². The maximum Gasteiger partial charge on any atom is 0.206 e. The van der Waals surface area contributed by atoms with E-state index in [0.717, 1.165) is 25.7 Å². The molecule has 0 aromatic rings. The number of unbranched alkanes of at least 4 members (excludes halogenated alkanes) is 6. The van der Waals surface area contributed by atoms with E-state index in [1.807, 2.05) is 13.8 Å². The molecular formula is C16H35NiO2P. The van der Waals surface area contributed by atoms with Gasteiger partial charge in [-0.05, 0) is 12.8 Å². The van der Waals surface area contributed by atoms with Gasteiger partial charge in [-0.2, -0.15) is 0 Å². The van der Waals surface area contributed by atoms with Crippen molar-refractivity contribution in [3.05, 3.63) is 0 Å². The predicted molar refractivity (Wildman–Crippen MR) is 86.3 cm³/mol. The van der Waals surface area contributed by atoms with Crippen molar-refractivity contribution in [2.45, 2.75) is 103 Å². The molecule has 20 heavy (non-hydrogen) atoms. The molecule has 2 unspecified atom stereocenters. The molecule has 0 fully saturated rings. The Kier molecular flexibility index (Phi) is 15.3. The molecule has 1 N–H and O–H groups in total. The number of rotatable bonds is 12. The fourth-order valence-corrected chi connectivity index (χ4v) is 4.51. The van der Waals surface area contributed by atoms with Crippen molar-refractivity contribution >= 4 is 7.37 Å². The summed E-state index contributed by atoms with van der Waals surface area (Å²) in [6.07, 6.45) is 11.4. The van der Waals surface area contributed by atoms with Crippen molar-refractivity contribution in [3.63, 3.8) is 0 Å². The van der Waals surface area contributed by atoms with Gasteiger partial charge in [0.1, 0.15) is 0 Å². The number of hydrogen-bond acceptors (Lipinski definition) is 1. The van der Waals surface area contributed by atoms with Gasteiger partial charge in [0.2, 0.25) is 7.37 Å². The second-order valence-electron chi connectivity index (χ2n) is 6.07. The molecule has 0 radical (unpaired) electrons. The summed E-state index contributed by atoms with van der Waals surface area (Å²) in [6, 6.07) is 0. The zero-order valence-corrected chi connectivity index (χ0v) is 15.7. The van der Waals surface area contributed by atoms with Gasteiger partial charge in [0.25, 0.3) is 0 Å². The first-order valence-corrected chi connectivity index (χ1v) is 10.1. The van der Waals surface area contributed by atoms with E-state index >= 15 is 0 Å². The van der Waals surface area contributed by atoms with Crippen molar-refractivity contribution < 1.29 is 25.9 Å². The molecule has 2 atom stereocenters. The van der Waals surface area contributed by atoms with Gasteiger partial charge < -0.3 is 4.89 Å². The fraction of sp³-hybridized carbons (Fsp3) is 1.00. The largest absolute Gasteiger partial charge is 0.344 e. The van der Waals surface area contributed by atoms with Crippen molar-refractivity contribution in [1.29, 1.82) is 0 Å². The van der Waals surface area contributed by atoms with Crippen molar-refractivity contribution in [2.24, 2.45) is 0 Å². The SMILES string of the molecule is CCCCCCC(C)P(=O)(O)C(C)CCCCCC.[Ni]. The van der Waals surface area contributed by atoms with Crippen LogP contribution in [-0.2, 0) is 21.1 Å². The predicted octanol–water partition coefficient (Wildman–Crippen LogP) is 5.97. The van der Waals surface area contributed by atoms with E-state index in [2.05, 4.69) is 13.8 Å². The summed E-state index contributed by atoms with van der Waals surface area (Å²) in [5, 5.41) is 0. The monoisotopic (exact) mass is 348 g/mol. The molecule has 0 aliphatic carbocycles. The fourth-order valence-electron chi connectivity index (χ4n) is 2.54. The first-order valence-electron chi connectivity index (χ1n) is 8.28. The van der Waals surface area contributed by atoms with Gasteiger partial charge in [-0.25, -0.2) is 0 Å². The molecule has 0 saturated heterocycles. The van der Waals surface area contributed by atoms with Gasteiger partial charge in [-0.15, -0.1) is 0 Å². The molecule has 0 aromatic heterocycles. The van der Waals surface area contributed by atoms with E-state index in [9.17, 15) is 9.46 Å². The minimum absolute atomic E-state index is 0. The summed E-state index contributed by atoms with van der Waals surface area (Å²) < 4.78 is 12.5. The zero-order valence-electron chi connectivity index (χ0n) is 13.8. The maximum absolute atomic E-state index is 12.5. The van der Waals surface area contributed by atoms with Crippen LogP contribution in [0.1, 0.15) is 91.9 Å². The minimum Gasteiger partial charge on any atom is -0.344 e. The van der Waals surface area contributed by atoms with E-state index < -0.39 is 7.37 Å². The Labute approximate surface area is 136 Å². The van der Waals surface area contributed by atoms with Crippen LogP contribution in [0.15, 0.2) is 0 Å². The molecule has 0 rings (SSSR count). The van der Waals surface area contributed by atoms with E-state index in [1.54, 1.807) is 0 Å². The van der Waals surface area contributed by atoms with Crippen LogP contribution in [0.3, 0.4) is 0 Å². The normalized spacial score (nSPS) is 17.1.